The third-order valence-corrected chi connectivity index (χ3v) is 2.56. The van der Waals surface area contributed by atoms with Crippen molar-refractivity contribution >= 4 is 0 Å². The van der Waals surface area contributed by atoms with Crippen LogP contribution in [0.4, 0.5) is 13.2 Å². The zero-order valence-electron chi connectivity index (χ0n) is 9.76. The summed E-state index contributed by atoms with van der Waals surface area (Å²) >= 11 is 0. The van der Waals surface area contributed by atoms with Gasteiger partial charge < -0.3 is 15.2 Å². The zero-order chi connectivity index (χ0) is 13.3. The van der Waals surface area contributed by atoms with E-state index in [2.05, 4.69) is 0 Å². The van der Waals surface area contributed by atoms with Crippen LogP contribution in [-0.4, -0.2) is 20.4 Å². The molecule has 1 rings (SSSR count). The summed E-state index contributed by atoms with van der Waals surface area (Å²) in [6.07, 6.45) is -4.58. The highest BCUT2D eigenvalue weighted by molar-refractivity contribution is 5.45. The van der Waals surface area contributed by atoms with Gasteiger partial charge >= 0.3 is 6.18 Å². The molecule has 0 spiro atoms. The van der Waals surface area contributed by atoms with Crippen molar-refractivity contribution in [2.75, 3.05) is 14.2 Å². The van der Waals surface area contributed by atoms with Crippen molar-refractivity contribution < 1.29 is 22.6 Å². The number of methoxy groups -OCH3 is 2. The summed E-state index contributed by atoms with van der Waals surface area (Å²) < 4.78 is 48.3. The minimum Gasteiger partial charge on any atom is -0.497 e. The van der Waals surface area contributed by atoms with E-state index in [-0.39, 0.29) is 11.3 Å². The van der Waals surface area contributed by atoms with Gasteiger partial charge in [-0.05, 0) is 25.1 Å². The molecule has 1 atom stereocenters. The first-order chi connectivity index (χ1) is 7.74. The SMILES string of the molecule is COc1ccc(OC)c(C(C)(N)C(F)(F)F)c1. The maximum absolute atomic E-state index is 12.8. The molecule has 2 N–H and O–H groups in total. The van der Waals surface area contributed by atoms with Gasteiger partial charge in [0, 0.05) is 5.56 Å². The van der Waals surface area contributed by atoms with E-state index in [1.165, 1.54) is 32.4 Å². The summed E-state index contributed by atoms with van der Waals surface area (Å²) in [5, 5.41) is 0. The monoisotopic (exact) mass is 249 g/mol. The Morgan fingerprint density at radius 3 is 2.12 bits per heavy atom. The van der Waals surface area contributed by atoms with Crippen LogP contribution in [0.15, 0.2) is 18.2 Å². The molecule has 0 bridgehead atoms. The molecule has 0 heterocycles. The highest BCUT2D eigenvalue weighted by Crippen LogP contribution is 2.41. The highest BCUT2D eigenvalue weighted by atomic mass is 19.4. The number of rotatable bonds is 3. The van der Waals surface area contributed by atoms with Crippen LogP contribution in [0.2, 0.25) is 0 Å². The number of benzene rings is 1. The molecule has 0 aliphatic rings. The van der Waals surface area contributed by atoms with Crippen LogP contribution in [0, 0.1) is 0 Å². The van der Waals surface area contributed by atoms with E-state index in [9.17, 15) is 13.2 Å². The zero-order valence-corrected chi connectivity index (χ0v) is 9.76. The van der Waals surface area contributed by atoms with E-state index in [0.717, 1.165) is 6.92 Å². The molecule has 96 valence electrons. The Morgan fingerprint density at radius 2 is 1.71 bits per heavy atom. The van der Waals surface area contributed by atoms with Gasteiger partial charge in [-0.25, -0.2) is 0 Å². The summed E-state index contributed by atoms with van der Waals surface area (Å²) in [6.45, 7) is 0.893. The Kier molecular flexibility index (Phi) is 3.56. The number of nitrogens with two attached hydrogens (primary N) is 1. The molecule has 17 heavy (non-hydrogen) atoms. The lowest BCUT2D eigenvalue weighted by atomic mass is 9.91. The Bertz CT molecular complexity index is 402. The van der Waals surface area contributed by atoms with Gasteiger partial charge in [0.05, 0.1) is 14.2 Å². The molecule has 0 saturated carbocycles. The van der Waals surface area contributed by atoms with Gasteiger partial charge in [0.2, 0.25) is 0 Å². The van der Waals surface area contributed by atoms with Crippen molar-refractivity contribution in [3.05, 3.63) is 23.8 Å². The van der Waals surface area contributed by atoms with Crippen LogP contribution in [0.25, 0.3) is 0 Å². The molecule has 1 aromatic carbocycles. The van der Waals surface area contributed by atoms with E-state index < -0.39 is 11.7 Å². The third-order valence-electron chi connectivity index (χ3n) is 2.56. The van der Waals surface area contributed by atoms with Gasteiger partial charge in [-0.15, -0.1) is 0 Å². The van der Waals surface area contributed by atoms with Crippen LogP contribution in [-0.2, 0) is 5.54 Å². The second-order valence-electron chi connectivity index (χ2n) is 3.77. The fourth-order valence-electron chi connectivity index (χ4n) is 1.37. The van der Waals surface area contributed by atoms with E-state index >= 15 is 0 Å². The minimum atomic E-state index is -4.58. The molecule has 0 amide bonds. The van der Waals surface area contributed by atoms with Crippen molar-refractivity contribution in [1.82, 2.24) is 0 Å². The molecule has 0 saturated heterocycles. The van der Waals surface area contributed by atoms with Crippen molar-refractivity contribution in [2.45, 2.75) is 18.6 Å². The first-order valence-corrected chi connectivity index (χ1v) is 4.82. The van der Waals surface area contributed by atoms with Gasteiger partial charge in [-0.1, -0.05) is 0 Å². The first kappa shape index (κ1) is 13.6. The summed E-state index contributed by atoms with van der Waals surface area (Å²) in [4.78, 5) is 0. The van der Waals surface area contributed by atoms with E-state index in [1.54, 1.807) is 0 Å². The Morgan fingerprint density at radius 1 is 1.12 bits per heavy atom. The molecule has 6 heteroatoms. The molecule has 0 fully saturated rings. The highest BCUT2D eigenvalue weighted by Gasteiger charge is 2.51. The number of hydrogen-bond acceptors (Lipinski definition) is 3. The lowest BCUT2D eigenvalue weighted by Crippen LogP contribution is -2.47. The lowest BCUT2D eigenvalue weighted by molar-refractivity contribution is -0.184. The molecule has 0 radical (unpaired) electrons. The number of hydrogen-bond donors (Lipinski definition) is 1. The number of ether oxygens (including phenoxy) is 2. The summed E-state index contributed by atoms with van der Waals surface area (Å²) in [5.74, 6) is 0.370. The van der Waals surface area contributed by atoms with Crippen molar-refractivity contribution in [3.63, 3.8) is 0 Å². The van der Waals surface area contributed by atoms with Gasteiger partial charge in [-0.2, -0.15) is 13.2 Å². The topological polar surface area (TPSA) is 44.5 Å². The lowest BCUT2D eigenvalue weighted by Gasteiger charge is -2.29. The van der Waals surface area contributed by atoms with Gasteiger partial charge in [0.25, 0.3) is 0 Å². The Hall–Kier alpha value is -1.43. The normalized spacial score (nSPS) is 15.2. The summed E-state index contributed by atoms with van der Waals surface area (Å²) in [5.41, 5.74) is 2.70. The largest absolute Gasteiger partial charge is 0.497 e. The summed E-state index contributed by atoms with van der Waals surface area (Å²) in [6, 6.07) is 4.13. The number of alkyl halides is 3. The van der Waals surface area contributed by atoms with E-state index in [0.29, 0.717) is 5.75 Å². The third kappa shape index (κ3) is 2.46. The molecule has 0 aliphatic carbocycles. The van der Waals surface area contributed by atoms with Crippen molar-refractivity contribution in [1.29, 1.82) is 0 Å². The molecule has 1 aromatic rings. The van der Waals surface area contributed by atoms with Crippen LogP contribution < -0.4 is 15.2 Å². The minimum absolute atomic E-state index is 0.0770. The second kappa shape index (κ2) is 4.44. The van der Waals surface area contributed by atoms with Crippen LogP contribution in [0.1, 0.15) is 12.5 Å². The quantitative estimate of drug-likeness (QED) is 0.894. The van der Waals surface area contributed by atoms with Gasteiger partial charge in [0.15, 0.2) is 0 Å². The fraction of sp³-hybridized carbons (Fsp3) is 0.455. The second-order valence-corrected chi connectivity index (χ2v) is 3.77. The van der Waals surface area contributed by atoms with Gasteiger partial charge in [0.1, 0.15) is 17.0 Å². The van der Waals surface area contributed by atoms with Crippen LogP contribution >= 0.6 is 0 Å². The predicted octanol–water partition coefficient (Wildman–Crippen LogP) is 2.44. The molecule has 1 unspecified atom stereocenters. The Balaban J connectivity index is 3.37. The van der Waals surface area contributed by atoms with Crippen LogP contribution in [0.3, 0.4) is 0 Å². The fourth-order valence-corrected chi connectivity index (χ4v) is 1.37. The van der Waals surface area contributed by atoms with Crippen molar-refractivity contribution in [3.8, 4) is 11.5 Å². The van der Waals surface area contributed by atoms with E-state index in [4.69, 9.17) is 15.2 Å². The molecule has 0 aliphatic heterocycles. The standard InChI is InChI=1S/C11H14F3NO2/c1-10(15,11(12,13)14)8-6-7(16-2)4-5-9(8)17-3/h4-6H,15H2,1-3H3. The maximum Gasteiger partial charge on any atom is 0.410 e. The molecule has 3 nitrogen and oxygen atoms in total. The first-order valence-electron chi connectivity index (χ1n) is 4.82. The smallest absolute Gasteiger partial charge is 0.410 e. The van der Waals surface area contributed by atoms with Crippen molar-refractivity contribution in [2.24, 2.45) is 5.73 Å². The van der Waals surface area contributed by atoms with Crippen LogP contribution in [0.5, 0.6) is 11.5 Å². The molecular formula is C11H14F3NO2. The predicted molar refractivity (Wildman–Crippen MR) is 57.1 cm³/mol. The van der Waals surface area contributed by atoms with E-state index in [1.807, 2.05) is 0 Å². The summed E-state index contributed by atoms with van der Waals surface area (Å²) in [7, 11) is 2.66. The number of halogens is 3. The average molecular weight is 249 g/mol. The maximum atomic E-state index is 12.8. The molecular weight excluding hydrogens is 235 g/mol. The average Bonchev–Trinajstić information content (AvgIpc) is 2.26. The Labute approximate surface area is 97.3 Å². The molecule has 0 aromatic heterocycles. The van der Waals surface area contributed by atoms with Gasteiger partial charge in [-0.3, -0.25) is 0 Å².